The van der Waals surface area contributed by atoms with Gasteiger partial charge in [-0.2, -0.15) is 24.9 Å². The molecular weight excluding hydrogens is 409 g/mol. The smallest absolute Gasteiger partial charge is 0.355 e. The molecule has 0 aromatic heterocycles. The van der Waals surface area contributed by atoms with Gasteiger partial charge >= 0.3 is 6.18 Å². The van der Waals surface area contributed by atoms with Crippen molar-refractivity contribution in [2.45, 2.75) is 12.6 Å². The van der Waals surface area contributed by atoms with Crippen LogP contribution in [0.3, 0.4) is 0 Å². The van der Waals surface area contributed by atoms with E-state index in [1.807, 2.05) is 47.8 Å². The average molecular weight is 433 g/mol. The molecule has 0 bridgehead atoms. The van der Waals surface area contributed by atoms with Crippen LogP contribution in [0.5, 0.6) is 0 Å². The Balaban J connectivity index is 0.000000227. The maximum Gasteiger partial charge on any atom is 0.401 e. The summed E-state index contributed by atoms with van der Waals surface area (Å²) >= 11 is 7.51. The van der Waals surface area contributed by atoms with E-state index in [4.69, 9.17) is 11.6 Å². The summed E-state index contributed by atoms with van der Waals surface area (Å²) in [5, 5.41) is 5.54. The van der Waals surface area contributed by atoms with E-state index in [-0.39, 0.29) is 5.91 Å². The summed E-state index contributed by atoms with van der Waals surface area (Å²) in [6.45, 7) is -0.0428. The number of alkyl halides is 3. The van der Waals surface area contributed by atoms with Crippen molar-refractivity contribution in [2.24, 2.45) is 0 Å². The van der Waals surface area contributed by atoms with Gasteiger partial charge in [-0.15, -0.1) is 0 Å². The fourth-order valence-electron chi connectivity index (χ4n) is 2.09. The van der Waals surface area contributed by atoms with Crippen LogP contribution in [0.2, 0.25) is 5.02 Å². The van der Waals surface area contributed by atoms with Gasteiger partial charge in [0.2, 0.25) is 5.91 Å². The Labute approximate surface area is 173 Å². The van der Waals surface area contributed by atoms with Crippen molar-refractivity contribution in [1.29, 1.82) is 0 Å². The van der Waals surface area contributed by atoms with Crippen LogP contribution in [0.1, 0.15) is 6.42 Å². The second-order valence-corrected chi connectivity index (χ2v) is 7.32. The highest BCUT2D eigenvalue weighted by Crippen LogP contribution is 2.20. The molecule has 1 heterocycles. The first-order valence-corrected chi connectivity index (χ1v) is 10.2. The molecule has 1 amide bonds. The third-order valence-corrected chi connectivity index (χ3v) is 4.64. The molecule has 0 unspecified atom stereocenters. The van der Waals surface area contributed by atoms with E-state index in [1.54, 1.807) is 11.8 Å². The third-order valence-electron chi connectivity index (χ3n) is 3.35. The second-order valence-electron chi connectivity index (χ2n) is 5.77. The summed E-state index contributed by atoms with van der Waals surface area (Å²) in [7, 11) is 1.26. The van der Waals surface area contributed by atoms with Crippen LogP contribution in [-0.4, -0.2) is 43.7 Å². The first kappa shape index (κ1) is 24.3. The van der Waals surface area contributed by atoms with Crippen molar-refractivity contribution in [3.8, 4) is 11.1 Å². The van der Waals surface area contributed by atoms with Crippen molar-refractivity contribution in [3.05, 3.63) is 59.6 Å². The largest absolute Gasteiger partial charge is 0.401 e. The minimum Gasteiger partial charge on any atom is -0.355 e. The van der Waals surface area contributed by atoms with Gasteiger partial charge in [0, 0.05) is 11.6 Å². The van der Waals surface area contributed by atoms with Gasteiger partial charge in [0.25, 0.3) is 0 Å². The lowest BCUT2D eigenvalue weighted by Gasteiger charge is -2.01. The number of carbonyl (C=O) groups is 1. The summed E-state index contributed by atoms with van der Waals surface area (Å²) in [6, 6.07) is 18.1. The zero-order valence-corrected chi connectivity index (χ0v) is 17.1. The molecule has 1 aliphatic rings. The van der Waals surface area contributed by atoms with E-state index in [0.29, 0.717) is 5.75 Å². The molecule has 0 aliphatic carbocycles. The zero-order valence-electron chi connectivity index (χ0n) is 15.6. The minimum absolute atomic E-state index is 0.188. The first-order chi connectivity index (χ1) is 13.3. The summed E-state index contributed by atoms with van der Waals surface area (Å²) < 4.78 is 33.0. The predicted octanol–water partition coefficient (Wildman–Crippen LogP) is 5.01. The molecule has 28 heavy (non-hydrogen) atoms. The third kappa shape index (κ3) is 11.9. The SMILES string of the molecule is CNCC(F)(F)F.Clc1ccc(-c2ccccc2)cc1.O=C1CSCCCN1. The number of halogens is 4. The van der Waals surface area contributed by atoms with Gasteiger partial charge < -0.3 is 10.6 Å². The lowest BCUT2D eigenvalue weighted by atomic mass is 10.1. The number of rotatable bonds is 2. The Hall–Kier alpha value is -1.70. The van der Waals surface area contributed by atoms with E-state index in [1.165, 1.54) is 18.2 Å². The fraction of sp³-hybridized carbons (Fsp3) is 0.350. The van der Waals surface area contributed by atoms with Gasteiger partial charge in [-0.3, -0.25) is 4.79 Å². The molecule has 3 nitrogen and oxygen atoms in total. The molecule has 0 saturated carbocycles. The topological polar surface area (TPSA) is 41.1 Å². The molecule has 0 spiro atoms. The van der Waals surface area contributed by atoms with Crippen molar-refractivity contribution in [1.82, 2.24) is 10.6 Å². The maximum absolute atomic E-state index is 11.0. The summed E-state index contributed by atoms with van der Waals surface area (Å²) in [5.74, 6) is 1.96. The van der Waals surface area contributed by atoms with Crippen molar-refractivity contribution >= 4 is 29.3 Å². The fourth-order valence-corrected chi connectivity index (χ4v) is 3.00. The van der Waals surface area contributed by atoms with Crippen molar-refractivity contribution < 1.29 is 18.0 Å². The lowest BCUT2D eigenvalue weighted by Crippen LogP contribution is -2.25. The van der Waals surface area contributed by atoms with E-state index >= 15 is 0 Å². The molecule has 2 aromatic carbocycles. The van der Waals surface area contributed by atoms with E-state index in [0.717, 1.165) is 23.7 Å². The lowest BCUT2D eigenvalue weighted by molar-refractivity contribution is -0.123. The van der Waals surface area contributed by atoms with Crippen LogP contribution in [0.4, 0.5) is 13.2 Å². The van der Waals surface area contributed by atoms with Gasteiger partial charge in [0.1, 0.15) is 0 Å². The molecule has 8 heteroatoms. The maximum atomic E-state index is 11.0. The normalized spacial score (nSPS) is 13.8. The Morgan fingerprint density at radius 1 is 1.07 bits per heavy atom. The standard InChI is InChI=1S/C12H9Cl.C5H9NOS.C3H6F3N/c13-12-8-6-11(7-9-12)10-4-2-1-3-5-10;7-5-4-8-3-1-2-6-5;1-7-2-3(4,5)6/h1-9H;1-4H2,(H,6,7);7H,2H2,1H3. The highest BCUT2D eigenvalue weighted by atomic mass is 35.5. The quantitative estimate of drug-likeness (QED) is 0.700. The van der Waals surface area contributed by atoms with Crippen molar-refractivity contribution in [2.75, 3.05) is 31.6 Å². The molecule has 1 aliphatic heterocycles. The summed E-state index contributed by atoms with van der Waals surface area (Å²) in [5.41, 5.74) is 2.42. The molecular formula is C20H24ClF3N2OS. The Bertz CT molecular complexity index is 672. The number of thioether (sulfide) groups is 1. The Morgan fingerprint density at radius 2 is 1.68 bits per heavy atom. The number of hydrogen-bond acceptors (Lipinski definition) is 3. The monoisotopic (exact) mass is 432 g/mol. The second kappa shape index (κ2) is 13.5. The van der Waals surface area contributed by atoms with Crippen LogP contribution >= 0.6 is 23.4 Å². The van der Waals surface area contributed by atoms with Gasteiger partial charge in [0.05, 0.1) is 12.3 Å². The molecule has 1 fully saturated rings. The Kier molecular flexibility index (Phi) is 11.7. The number of benzene rings is 2. The predicted molar refractivity (Wildman–Crippen MR) is 112 cm³/mol. The Morgan fingerprint density at radius 3 is 2.21 bits per heavy atom. The van der Waals surface area contributed by atoms with Crippen LogP contribution in [0.25, 0.3) is 11.1 Å². The number of hydrogen-bond donors (Lipinski definition) is 2. The highest BCUT2D eigenvalue weighted by Gasteiger charge is 2.24. The van der Waals surface area contributed by atoms with E-state index in [9.17, 15) is 18.0 Å². The first-order valence-electron chi connectivity index (χ1n) is 8.68. The molecule has 2 N–H and O–H groups in total. The van der Waals surface area contributed by atoms with E-state index in [2.05, 4.69) is 17.4 Å². The molecule has 0 atom stereocenters. The zero-order chi connectivity index (χ0) is 20.8. The van der Waals surface area contributed by atoms with Crippen LogP contribution in [-0.2, 0) is 4.79 Å². The van der Waals surface area contributed by atoms with E-state index < -0.39 is 12.7 Å². The van der Waals surface area contributed by atoms with Crippen LogP contribution < -0.4 is 10.6 Å². The van der Waals surface area contributed by atoms with Gasteiger partial charge in [-0.05, 0) is 42.5 Å². The van der Waals surface area contributed by atoms with Crippen LogP contribution in [0.15, 0.2) is 54.6 Å². The average Bonchev–Trinajstić information content (AvgIpc) is 2.91. The van der Waals surface area contributed by atoms with Gasteiger partial charge in [0.15, 0.2) is 0 Å². The molecule has 154 valence electrons. The van der Waals surface area contributed by atoms with Gasteiger partial charge in [-0.1, -0.05) is 54.1 Å². The summed E-state index contributed by atoms with van der Waals surface area (Å²) in [4.78, 5) is 10.6. The summed E-state index contributed by atoms with van der Waals surface area (Å²) in [6.07, 6.45) is -2.94. The van der Waals surface area contributed by atoms with Crippen LogP contribution in [0, 0.1) is 0 Å². The molecule has 2 aromatic rings. The minimum atomic E-state index is -4.06. The number of carbonyl (C=O) groups excluding carboxylic acids is 1. The van der Waals surface area contributed by atoms with Gasteiger partial charge in [-0.25, -0.2) is 0 Å². The molecule has 0 radical (unpaired) electrons. The number of amides is 1. The molecule has 1 saturated heterocycles. The number of nitrogens with one attached hydrogen (secondary N) is 2. The van der Waals surface area contributed by atoms with Crippen molar-refractivity contribution in [3.63, 3.8) is 0 Å². The highest BCUT2D eigenvalue weighted by molar-refractivity contribution is 7.99. The molecule has 3 rings (SSSR count).